The topological polar surface area (TPSA) is 68.3 Å². The number of rotatable bonds is 3. The van der Waals surface area contributed by atoms with Crippen molar-refractivity contribution in [1.82, 2.24) is 14.6 Å². The van der Waals surface area contributed by atoms with Crippen LogP contribution in [0.4, 0.5) is 0 Å². The molecule has 0 saturated carbocycles. The third kappa shape index (κ3) is 3.27. The lowest BCUT2D eigenvalue weighted by molar-refractivity contribution is -0.135. The summed E-state index contributed by atoms with van der Waals surface area (Å²) in [5.41, 5.74) is 2.39. The quantitative estimate of drug-likeness (QED) is 0.714. The zero-order valence-corrected chi connectivity index (χ0v) is 15.6. The number of pyridine rings is 1. The Kier molecular flexibility index (Phi) is 4.56. The van der Waals surface area contributed by atoms with Crippen molar-refractivity contribution < 1.29 is 9.32 Å². The van der Waals surface area contributed by atoms with E-state index in [1.54, 1.807) is 12.1 Å². The summed E-state index contributed by atoms with van der Waals surface area (Å²) in [6.07, 6.45) is 2.95. The second-order valence-electron chi connectivity index (χ2n) is 7.21. The Bertz CT molecular complexity index is 1050. The van der Waals surface area contributed by atoms with Crippen LogP contribution in [0.2, 0.25) is 0 Å². The van der Waals surface area contributed by atoms with Gasteiger partial charge < -0.3 is 14.0 Å². The summed E-state index contributed by atoms with van der Waals surface area (Å²) in [4.78, 5) is 27.4. The van der Waals surface area contributed by atoms with Crippen molar-refractivity contribution >= 4 is 16.8 Å². The van der Waals surface area contributed by atoms with Crippen LogP contribution in [-0.4, -0.2) is 27.1 Å². The molecule has 3 aromatic rings. The van der Waals surface area contributed by atoms with E-state index in [0.717, 1.165) is 41.9 Å². The number of fused-ring (bicyclic) bond motifs is 1. The zero-order valence-electron chi connectivity index (χ0n) is 15.6. The van der Waals surface area contributed by atoms with Gasteiger partial charge in [0.25, 0.3) is 0 Å². The summed E-state index contributed by atoms with van der Waals surface area (Å²) < 4.78 is 7.16. The molecule has 0 N–H and O–H groups in total. The lowest BCUT2D eigenvalue weighted by atomic mass is 9.99. The number of aryl methyl sites for hydroxylation is 2. The molecule has 1 aliphatic rings. The molecule has 6 nitrogen and oxygen atoms in total. The first-order valence-electron chi connectivity index (χ1n) is 9.36. The average Bonchev–Trinajstić information content (AvgIpc) is 3.11. The van der Waals surface area contributed by atoms with Gasteiger partial charge in [-0.15, -0.1) is 0 Å². The number of para-hydroxylation sites is 1. The van der Waals surface area contributed by atoms with Gasteiger partial charge in [-0.2, -0.15) is 0 Å². The molecule has 140 valence electrons. The third-order valence-corrected chi connectivity index (χ3v) is 5.33. The van der Waals surface area contributed by atoms with Gasteiger partial charge in [0, 0.05) is 29.8 Å². The van der Waals surface area contributed by atoms with Crippen LogP contribution in [0.15, 0.2) is 45.7 Å². The Morgan fingerprint density at radius 2 is 2.04 bits per heavy atom. The van der Waals surface area contributed by atoms with E-state index in [4.69, 9.17) is 4.52 Å². The van der Waals surface area contributed by atoms with Gasteiger partial charge in [-0.3, -0.25) is 9.59 Å². The summed E-state index contributed by atoms with van der Waals surface area (Å²) in [5, 5.41) is 4.78. The van der Waals surface area contributed by atoms with Gasteiger partial charge in [0.1, 0.15) is 18.0 Å². The fourth-order valence-electron chi connectivity index (χ4n) is 3.97. The number of carbonyl (C=O) groups excluding carboxylic acids is 1. The Hall–Kier alpha value is -2.89. The molecule has 0 spiro atoms. The lowest BCUT2D eigenvalue weighted by Crippen LogP contribution is -2.40. The highest BCUT2D eigenvalue weighted by Crippen LogP contribution is 2.31. The number of piperidine rings is 1. The van der Waals surface area contributed by atoms with Gasteiger partial charge in [-0.1, -0.05) is 17.3 Å². The molecule has 1 aromatic carbocycles. The molecule has 2 aromatic heterocycles. The molecule has 0 aliphatic carbocycles. The Morgan fingerprint density at radius 1 is 1.22 bits per heavy atom. The lowest BCUT2D eigenvalue weighted by Gasteiger charge is -2.35. The van der Waals surface area contributed by atoms with E-state index in [2.05, 4.69) is 5.16 Å². The number of amides is 1. The first kappa shape index (κ1) is 17.5. The Labute approximate surface area is 157 Å². The van der Waals surface area contributed by atoms with Crippen LogP contribution >= 0.6 is 0 Å². The van der Waals surface area contributed by atoms with Crippen LogP contribution in [0.5, 0.6) is 0 Å². The maximum absolute atomic E-state index is 13.2. The number of nitrogens with zero attached hydrogens (tertiary/aromatic N) is 3. The Morgan fingerprint density at radius 3 is 2.81 bits per heavy atom. The number of aromatic nitrogens is 2. The molecule has 0 bridgehead atoms. The van der Waals surface area contributed by atoms with Gasteiger partial charge in [0.15, 0.2) is 5.43 Å². The molecule has 0 unspecified atom stereocenters. The molecule has 0 radical (unpaired) electrons. The number of carbonyl (C=O) groups is 1. The van der Waals surface area contributed by atoms with E-state index in [9.17, 15) is 9.59 Å². The molecule has 1 amide bonds. The average molecular weight is 365 g/mol. The van der Waals surface area contributed by atoms with Crippen LogP contribution in [0.3, 0.4) is 0 Å². The van der Waals surface area contributed by atoms with Gasteiger partial charge >= 0.3 is 0 Å². The second kappa shape index (κ2) is 7.02. The first-order valence-corrected chi connectivity index (χ1v) is 9.36. The number of benzene rings is 1. The van der Waals surface area contributed by atoms with Crippen molar-refractivity contribution in [1.29, 1.82) is 0 Å². The molecule has 1 fully saturated rings. The van der Waals surface area contributed by atoms with Gasteiger partial charge in [0.05, 0.1) is 11.6 Å². The van der Waals surface area contributed by atoms with Crippen LogP contribution < -0.4 is 5.43 Å². The van der Waals surface area contributed by atoms with E-state index >= 15 is 0 Å². The predicted molar refractivity (Wildman–Crippen MR) is 102 cm³/mol. The van der Waals surface area contributed by atoms with Crippen LogP contribution in [0.25, 0.3) is 10.9 Å². The highest BCUT2D eigenvalue weighted by atomic mass is 16.5. The zero-order chi connectivity index (χ0) is 19.0. The standard InChI is InChI=1S/C21H23N3O3/c1-14-11-20(25)16-7-3-4-8-18(16)24(14)13-21(26)23-10-6-5-9-19(23)17-12-15(2)27-22-17/h3-4,7-8,11-12,19H,5-6,9-10,13H2,1-2H3/t19-/m1/s1. The highest BCUT2D eigenvalue weighted by molar-refractivity contribution is 5.83. The smallest absolute Gasteiger partial charge is 0.243 e. The van der Waals surface area contributed by atoms with Crippen LogP contribution in [0.1, 0.15) is 42.5 Å². The molecule has 1 saturated heterocycles. The van der Waals surface area contributed by atoms with Crippen LogP contribution in [0, 0.1) is 13.8 Å². The molecule has 1 aliphatic heterocycles. The van der Waals surface area contributed by atoms with Crippen molar-refractivity contribution in [2.45, 2.75) is 45.7 Å². The molecule has 27 heavy (non-hydrogen) atoms. The molecular formula is C21H23N3O3. The van der Waals surface area contributed by atoms with Gasteiger partial charge in [0.2, 0.25) is 5.91 Å². The van der Waals surface area contributed by atoms with E-state index in [1.807, 2.05) is 47.6 Å². The number of hydrogen-bond acceptors (Lipinski definition) is 4. The third-order valence-electron chi connectivity index (χ3n) is 5.33. The largest absolute Gasteiger partial charge is 0.361 e. The van der Waals surface area contributed by atoms with Crippen molar-refractivity contribution in [3.63, 3.8) is 0 Å². The molecule has 6 heteroatoms. The monoisotopic (exact) mass is 365 g/mol. The minimum Gasteiger partial charge on any atom is -0.361 e. The Balaban J connectivity index is 1.67. The number of hydrogen-bond donors (Lipinski definition) is 0. The van der Waals surface area contributed by atoms with Gasteiger partial charge in [-0.05, 0) is 45.2 Å². The van der Waals surface area contributed by atoms with E-state index in [0.29, 0.717) is 11.9 Å². The summed E-state index contributed by atoms with van der Waals surface area (Å²) in [6.45, 7) is 4.66. The van der Waals surface area contributed by atoms with Crippen molar-refractivity contribution in [3.05, 3.63) is 63.8 Å². The van der Waals surface area contributed by atoms with E-state index < -0.39 is 0 Å². The van der Waals surface area contributed by atoms with Gasteiger partial charge in [-0.25, -0.2) is 0 Å². The fourth-order valence-corrected chi connectivity index (χ4v) is 3.97. The SMILES string of the molecule is Cc1cc([C@H]2CCCCN2C(=O)Cn2c(C)cc(=O)c3ccccc32)no1. The summed E-state index contributed by atoms with van der Waals surface area (Å²) >= 11 is 0. The van der Waals surface area contributed by atoms with E-state index in [1.165, 1.54) is 0 Å². The summed E-state index contributed by atoms with van der Waals surface area (Å²) in [7, 11) is 0. The fraction of sp³-hybridized carbons (Fsp3) is 0.381. The van der Waals surface area contributed by atoms with Crippen LogP contribution in [-0.2, 0) is 11.3 Å². The molecule has 3 heterocycles. The maximum Gasteiger partial charge on any atom is 0.243 e. The van der Waals surface area contributed by atoms with Crippen molar-refractivity contribution in [2.75, 3.05) is 6.54 Å². The summed E-state index contributed by atoms with van der Waals surface area (Å²) in [6, 6.07) is 10.9. The maximum atomic E-state index is 13.2. The second-order valence-corrected chi connectivity index (χ2v) is 7.21. The summed E-state index contributed by atoms with van der Waals surface area (Å²) in [5.74, 6) is 0.794. The van der Waals surface area contributed by atoms with E-state index in [-0.39, 0.29) is 23.9 Å². The minimum absolute atomic E-state index is 0.0132. The predicted octanol–water partition coefficient (Wildman–Crippen LogP) is 3.36. The molecule has 1 atom stereocenters. The minimum atomic E-state index is -0.0466. The molecule has 4 rings (SSSR count). The molecular weight excluding hydrogens is 342 g/mol. The van der Waals surface area contributed by atoms with Crippen molar-refractivity contribution in [2.24, 2.45) is 0 Å². The normalized spacial score (nSPS) is 17.4. The highest BCUT2D eigenvalue weighted by Gasteiger charge is 2.30. The number of likely N-dealkylation sites (tertiary alicyclic amines) is 1. The van der Waals surface area contributed by atoms with Crippen molar-refractivity contribution in [3.8, 4) is 0 Å². The first-order chi connectivity index (χ1) is 13.0.